The summed E-state index contributed by atoms with van der Waals surface area (Å²) in [5, 5.41) is 0.712. The highest BCUT2D eigenvalue weighted by molar-refractivity contribution is 5.77. The predicted molar refractivity (Wildman–Crippen MR) is 75.1 cm³/mol. The van der Waals surface area contributed by atoms with Crippen molar-refractivity contribution in [1.29, 1.82) is 0 Å². The lowest BCUT2D eigenvalue weighted by Gasteiger charge is -2.08. The summed E-state index contributed by atoms with van der Waals surface area (Å²) in [7, 11) is 0. The molecule has 0 spiro atoms. The number of benzene rings is 1. The lowest BCUT2D eigenvalue weighted by molar-refractivity contribution is 0.518. The number of para-hydroxylation sites is 1. The summed E-state index contributed by atoms with van der Waals surface area (Å²) in [6.07, 6.45) is 4.82. The Balaban J connectivity index is 2.59. The molecule has 96 valence electrons. The number of hydrogen-bond acceptors (Lipinski definition) is 2. The van der Waals surface area contributed by atoms with Crippen LogP contribution in [0.3, 0.4) is 0 Å². The molecule has 0 amide bonds. The van der Waals surface area contributed by atoms with Crippen LogP contribution in [0.5, 0.6) is 0 Å². The van der Waals surface area contributed by atoms with Crippen LogP contribution in [0.1, 0.15) is 44.4 Å². The van der Waals surface area contributed by atoms with Gasteiger partial charge in [-0.1, -0.05) is 32.4 Å². The molecule has 1 aromatic heterocycles. The first-order valence-electron chi connectivity index (χ1n) is 6.81. The summed E-state index contributed by atoms with van der Waals surface area (Å²) in [6, 6.07) is 7.53. The normalized spacial score (nSPS) is 11.0. The first kappa shape index (κ1) is 12.9. The van der Waals surface area contributed by atoms with Crippen LogP contribution in [-0.2, 0) is 12.8 Å². The highest BCUT2D eigenvalue weighted by Gasteiger charge is 2.12. The highest BCUT2D eigenvalue weighted by atomic mass is 16.3. The summed E-state index contributed by atoms with van der Waals surface area (Å²) in [5.41, 5.74) is 1.76. The molecule has 1 aromatic carbocycles. The molecule has 1 heterocycles. The molecule has 0 saturated carbocycles. The standard InChI is InChI=1S/C16H20O2/c1-3-5-9-12-14(8-4-2)18-15-11-7-6-10-13(15)16(12)17/h6-7,10-11H,3-5,8-9H2,1-2H3. The van der Waals surface area contributed by atoms with Crippen molar-refractivity contribution >= 4 is 11.0 Å². The number of rotatable bonds is 5. The van der Waals surface area contributed by atoms with Crippen LogP contribution in [0.4, 0.5) is 0 Å². The molecule has 0 atom stereocenters. The Labute approximate surface area is 108 Å². The maximum atomic E-state index is 12.5. The van der Waals surface area contributed by atoms with Crippen LogP contribution in [0.2, 0.25) is 0 Å². The third kappa shape index (κ3) is 2.47. The lowest BCUT2D eigenvalue weighted by Crippen LogP contribution is -2.13. The van der Waals surface area contributed by atoms with Gasteiger partial charge in [-0.2, -0.15) is 0 Å². The largest absolute Gasteiger partial charge is 0.461 e. The van der Waals surface area contributed by atoms with E-state index >= 15 is 0 Å². The summed E-state index contributed by atoms with van der Waals surface area (Å²) in [5.74, 6) is 0.884. The van der Waals surface area contributed by atoms with Gasteiger partial charge in [0.1, 0.15) is 11.3 Å². The van der Waals surface area contributed by atoms with Gasteiger partial charge in [0.05, 0.1) is 5.39 Å². The Morgan fingerprint density at radius 2 is 1.83 bits per heavy atom. The van der Waals surface area contributed by atoms with E-state index in [0.717, 1.165) is 43.4 Å². The average Bonchev–Trinajstić information content (AvgIpc) is 2.39. The fourth-order valence-corrected chi connectivity index (χ4v) is 2.26. The van der Waals surface area contributed by atoms with Gasteiger partial charge in [0.2, 0.25) is 0 Å². The van der Waals surface area contributed by atoms with Gasteiger partial charge in [0.25, 0.3) is 0 Å². The van der Waals surface area contributed by atoms with E-state index < -0.39 is 0 Å². The van der Waals surface area contributed by atoms with E-state index in [0.29, 0.717) is 11.0 Å². The SMILES string of the molecule is CCCCc1c(CCC)oc2ccccc2c1=O. The van der Waals surface area contributed by atoms with Gasteiger partial charge in [-0.15, -0.1) is 0 Å². The van der Waals surface area contributed by atoms with Gasteiger partial charge in [0, 0.05) is 12.0 Å². The smallest absolute Gasteiger partial charge is 0.196 e. The van der Waals surface area contributed by atoms with Gasteiger partial charge in [0.15, 0.2) is 5.43 Å². The van der Waals surface area contributed by atoms with Crippen molar-refractivity contribution < 1.29 is 4.42 Å². The molecule has 0 aliphatic carbocycles. The van der Waals surface area contributed by atoms with Crippen molar-refractivity contribution in [3.63, 3.8) is 0 Å². The molecule has 2 rings (SSSR count). The Kier molecular flexibility index (Phi) is 4.19. The monoisotopic (exact) mass is 244 g/mol. The fraction of sp³-hybridized carbons (Fsp3) is 0.438. The molecular weight excluding hydrogens is 224 g/mol. The molecule has 0 aliphatic rings. The first-order valence-corrected chi connectivity index (χ1v) is 6.81. The van der Waals surface area contributed by atoms with Gasteiger partial charge in [-0.3, -0.25) is 4.79 Å². The zero-order chi connectivity index (χ0) is 13.0. The third-order valence-electron chi connectivity index (χ3n) is 3.23. The second kappa shape index (κ2) is 5.85. The van der Waals surface area contributed by atoms with Crippen LogP contribution in [0.15, 0.2) is 33.5 Å². The van der Waals surface area contributed by atoms with Gasteiger partial charge in [-0.25, -0.2) is 0 Å². The molecule has 0 radical (unpaired) electrons. The summed E-state index contributed by atoms with van der Waals surface area (Å²) in [6.45, 7) is 4.25. The minimum absolute atomic E-state index is 0.161. The quantitative estimate of drug-likeness (QED) is 0.793. The third-order valence-corrected chi connectivity index (χ3v) is 3.23. The van der Waals surface area contributed by atoms with Crippen molar-refractivity contribution in [3.05, 3.63) is 45.8 Å². The Bertz CT molecular complexity index is 581. The number of unbranched alkanes of at least 4 members (excludes halogenated alkanes) is 1. The van der Waals surface area contributed by atoms with Crippen molar-refractivity contribution in [1.82, 2.24) is 0 Å². The predicted octanol–water partition coefficient (Wildman–Crippen LogP) is 4.09. The fourth-order valence-electron chi connectivity index (χ4n) is 2.26. The second-order valence-corrected chi connectivity index (χ2v) is 4.68. The van der Waals surface area contributed by atoms with E-state index in [2.05, 4.69) is 13.8 Å². The van der Waals surface area contributed by atoms with E-state index in [9.17, 15) is 4.79 Å². The molecule has 2 nitrogen and oxygen atoms in total. The first-order chi connectivity index (χ1) is 8.77. The molecule has 0 saturated heterocycles. The van der Waals surface area contributed by atoms with E-state index in [4.69, 9.17) is 4.42 Å². The van der Waals surface area contributed by atoms with Crippen molar-refractivity contribution in [2.75, 3.05) is 0 Å². The zero-order valence-corrected chi connectivity index (χ0v) is 11.2. The van der Waals surface area contributed by atoms with Gasteiger partial charge >= 0.3 is 0 Å². The molecule has 2 aromatic rings. The molecule has 18 heavy (non-hydrogen) atoms. The van der Waals surface area contributed by atoms with E-state index in [1.165, 1.54) is 0 Å². The van der Waals surface area contributed by atoms with Crippen molar-refractivity contribution in [3.8, 4) is 0 Å². The summed E-state index contributed by atoms with van der Waals surface area (Å²) < 4.78 is 5.91. The minimum atomic E-state index is 0.161. The van der Waals surface area contributed by atoms with Gasteiger partial charge in [-0.05, 0) is 31.4 Å². The number of hydrogen-bond donors (Lipinski definition) is 0. The summed E-state index contributed by atoms with van der Waals surface area (Å²) in [4.78, 5) is 12.5. The molecule has 0 bridgehead atoms. The number of aryl methyl sites for hydroxylation is 1. The molecule has 0 N–H and O–H groups in total. The van der Waals surface area contributed by atoms with Crippen molar-refractivity contribution in [2.45, 2.75) is 46.0 Å². The minimum Gasteiger partial charge on any atom is -0.461 e. The molecular formula is C16H20O2. The van der Waals surface area contributed by atoms with Crippen LogP contribution < -0.4 is 5.43 Å². The number of fused-ring (bicyclic) bond motifs is 1. The molecule has 0 unspecified atom stereocenters. The van der Waals surface area contributed by atoms with Gasteiger partial charge < -0.3 is 4.42 Å². The summed E-state index contributed by atoms with van der Waals surface area (Å²) >= 11 is 0. The Morgan fingerprint density at radius 3 is 2.56 bits per heavy atom. The average molecular weight is 244 g/mol. The second-order valence-electron chi connectivity index (χ2n) is 4.68. The zero-order valence-electron chi connectivity index (χ0n) is 11.2. The van der Waals surface area contributed by atoms with Crippen molar-refractivity contribution in [2.24, 2.45) is 0 Å². The van der Waals surface area contributed by atoms with Crippen LogP contribution >= 0.6 is 0 Å². The van der Waals surface area contributed by atoms with Crippen LogP contribution in [0, 0.1) is 0 Å². The molecule has 0 fully saturated rings. The van der Waals surface area contributed by atoms with Crippen LogP contribution in [0.25, 0.3) is 11.0 Å². The topological polar surface area (TPSA) is 30.2 Å². The van der Waals surface area contributed by atoms with Crippen LogP contribution in [-0.4, -0.2) is 0 Å². The maximum absolute atomic E-state index is 12.5. The Morgan fingerprint density at radius 1 is 1.06 bits per heavy atom. The van der Waals surface area contributed by atoms with E-state index in [-0.39, 0.29) is 5.43 Å². The highest BCUT2D eigenvalue weighted by Crippen LogP contribution is 2.18. The van der Waals surface area contributed by atoms with E-state index in [1.54, 1.807) is 0 Å². The maximum Gasteiger partial charge on any atom is 0.196 e. The lowest BCUT2D eigenvalue weighted by atomic mass is 10.0. The Hall–Kier alpha value is -1.57. The molecule has 0 aliphatic heterocycles. The molecule has 2 heteroatoms. The van der Waals surface area contributed by atoms with E-state index in [1.807, 2.05) is 24.3 Å².